The van der Waals surface area contributed by atoms with E-state index >= 15 is 0 Å². The molecule has 1 atom stereocenters. The van der Waals surface area contributed by atoms with E-state index in [4.69, 9.17) is 20.8 Å². The molecule has 1 unspecified atom stereocenters. The van der Waals surface area contributed by atoms with Gasteiger partial charge in [0, 0.05) is 5.56 Å². The van der Waals surface area contributed by atoms with Gasteiger partial charge in [-0.1, -0.05) is 55.8 Å². The Bertz CT molecular complexity index is 1270. The van der Waals surface area contributed by atoms with Gasteiger partial charge in [0.05, 0.1) is 28.5 Å². The molecule has 188 valence electrons. The van der Waals surface area contributed by atoms with Crippen LogP contribution in [-0.2, 0) is 9.53 Å². The lowest BCUT2D eigenvalue weighted by Crippen LogP contribution is -2.48. The number of carbonyl (C=O) groups is 3. The highest BCUT2D eigenvalue weighted by Gasteiger charge is 2.25. The van der Waals surface area contributed by atoms with Crippen LogP contribution in [0.5, 0.6) is 0 Å². The van der Waals surface area contributed by atoms with Gasteiger partial charge >= 0.3 is 5.97 Å². The van der Waals surface area contributed by atoms with Crippen LogP contribution in [0, 0.1) is 5.92 Å². The lowest BCUT2D eigenvalue weighted by atomic mass is 10.0. The third kappa shape index (κ3) is 6.82. The van der Waals surface area contributed by atoms with Crippen LogP contribution in [0.1, 0.15) is 54.2 Å². The average Bonchev–Trinajstić information content (AvgIpc) is 3.30. The zero-order valence-corrected chi connectivity index (χ0v) is 21.2. The molecule has 0 saturated carbocycles. The Kier molecular flexibility index (Phi) is 9.02. The smallest absolute Gasteiger partial charge is 0.339 e. The fraction of sp³-hybridized carbons (Fsp3) is 0.259. The number of rotatable bonds is 9. The van der Waals surface area contributed by atoms with Crippen LogP contribution in [0.4, 0.5) is 0 Å². The number of benzene rings is 2. The Hall–Kier alpha value is -3.91. The third-order valence-electron chi connectivity index (χ3n) is 5.10. The Morgan fingerprint density at radius 3 is 2.28 bits per heavy atom. The van der Waals surface area contributed by atoms with Crippen LogP contribution >= 0.6 is 11.6 Å². The molecular formula is C27H28ClN3O5. The molecule has 0 bridgehead atoms. The molecule has 0 aliphatic carbocycles. The minimum atomic E-state index is -0.836. The van der Waals surface area contributed by atoms with Crippen molar-refractivity contribution in [3.63, 3.8) is 0 Å². The fourth-order valence-corrected chi connectivity index (χ4v) is 3.57. The Labute approximate surface area is 214 Å². The van der Waals surface area contributed by atoms with Gasteiger partial charge in [-0.15, -0.1) is 0 Å². The predicted octanol–water partition coefficient (Wildman–Crippen LogP) is 5.07. The number of nitrogens with zero attached hydrogens (tertiary/aromatic N) is 1. The van der Waals surface area contributed by atoms with Crippen molar-refractivity contribution in [3.05, 3.63) is 82.6 Å². The molecule has 2 aromatic carbocycles. The van der Waals surface area contributed by atoms with E-state index in [1.54, 1.807) is 88.4 Å². The molecule has 36 heavy (non-hydrogen) atoms. The molecule has 0 aliphatic rings. The van der Waals surface area contributed by atoms with Gasteiger partial charge in [-0.2, -0.15) is 5.10 Å². The molecule has 2 amide bonds. The fourth-order valence-electron chi connectivity index (χ4n) is 3.35. The van der Waals surface area contributed by atoms with Crippen molar-refractivity contribution in [2.45, 2.75) is 39.8 Å². The van der Waals surface area contributed by atoms with Gasteiger partial charge in [0.2, 0.25) is 0 Å². The van der Waals surface area contributed by atoms with E-state index in [9.17, 15) is 14.4 Å². The largest absolute Gasteiger partial charge is 0.459 e. The van der Waals surface area contributed by atoms with Gasteiger partial charge < -0.3 is 14.5 Å². The summed E-state index contributed by atoms with van der Waals surface area (Å²) in [6.07, 6.45) is 1.08. The lowest BCUT2D eigenvalue weighted by Gasteiger charge is -2.20. The SMILES string of the molecule is CC(C)OC(=O)c1ccccc1-c1ccc(C=NNC(=O)C(NC(=O)c2ccccc2Cl)C(C)C)o1. The summed E-state index contributed by atoms with van der Waals surface area (Å²) < 4.78 is 11.1. The van der Waals surface area contributed by atoms with Gasteiger partial charge in [-0.25, -0.2) is 10.2 Å². The molecule has 0 aliphatic heterocycles. The van der Waals surface area contributed by atoms with Crippen molar-refractivity contribution in [1.29, 1.82) is 0 Å². The van der Waals surface area contributed by atoms with Gasteiger partial charge in [-0.3, -0.25) is 9.59 Å². The standard InChI is InChI=1S/C27H28ClN3O5/c1-16(2)24(30-25(32)21-11-7-8-12-22(21)28)26(33)31-29-15-18-13-14-23(36-18)19-9-5-6-10-20(19)27(34)35-17(3)4/h5-17,24H,1-4H3,(H,30,32)(H,31,33). The molecule has 8 nitrogen and oxygen atoms in total. The number of hydrazone groups is 1. The molecule has 0 fully saturated rings. The molecule has 1 heterocycles. The first-order valence-corrected chi connectivity index (χ1v) is 11.8. The number of nitrogens with one attached hydrogen (secondary N) is 2. The Morgan fingerprint density at radius 2 is 1.61 bits per heavy atom. The van der Waals surface area contributed by atoms with E-state index < -0.39 is 23.8 Å². The quantitative estimate of drug-likeness (QED) is 0.238. The molecule has 3 rings (SSSR count). The summed E-state index contributed by atoms with van der Waals surface area (Å²) >= 11 is 6.09. The summed E-state index contributed by atoms with van der Waals surface area (Å²) in [5.74, 6) is -0.786. The molecular weight excluding hydrogens is 482 g/mol. The minimum Gasteiger partial charge on any atom is -0.459 e. The first-order chi connectivity index (χ1) is 17.2. The monoisotopic (exact) mass is 509 g/mol. The van der Waals surface area contributed by atoms with E-state index in [1.165, 1.54) is 6.21 Å². The normalized spacial score (nSPS) is 12.1. The van der Waals surface area contributed by atoms with E-state index in [2.05, 4.69) is 15.8 Å². The van der Waals surface area contributed by atoms with E-state index in [0.717, 1.165) is 0 Å². The van der Waals surface area contributed by atoms with Crippen molar-refractivity contribution in [2.24, 2.45) is 11.0 Å². The van der Waals surface area contributed by atoms with Crippen LogP contribution in [0.2, 0.25) is 5.02 Å². The molecule has 0 spiro atoms. The highest BCUT2D eigenvalue weighted by Crippen LogP contribution is 2.26. The van der Waals surface area contributed by atoms with Crippen molar-refractivity contribution < 1.29 is 23.5 Å². The van der Waals surface area contributed by atoms with Crippen LogP contribution in [0.15, 0.2) is 70.2 Å². The van der Waals surface area contributed by atoms with Crippen molar-refractivity contribution in [2.75, 3.05) is 0 Å². The molecule has 1 aromatic heterocycles. The number of hydrogen-bond acceptors (Lipinski definition) is 6. The van der Waals surface area contributed by atoms with Gasteiger partial charge in [0.1, 0.15) is 17.6 Å². The molecule has 3 aromatic rings. The van der Waals surface area contributed by atoms with E-state index in [0.29, 0.717) is 27.7 Å². The second kappa shape index (κ2) is 12.2. The zero-order valence-electron chi connectivity index (χ0n) is 20.4. The maximum absolute atomic E-state index is 12.7. The molecule has 0 saturated heterocycles. The first kappa shape index (κ1) is 26.7. The maximum Gasteiger partial charge on any atom is 0.339 e. The zero-order chi connectivity index (χ0) is 26.2. The van der Waals surface area contributed by atoms with Crippen molar-refractivity contribution >= 4 is 35.6 Å². The molecule has 0 radical (unpaired) electrons. The Balaban J connectivity index is 1.68. The van der Waals surface area contributed by atoms with E-state index in [-0.39, 0.29) is 17.6 Å². The minimum absolute atomic E-state index is 0.205. The number of halogens is 1. The van der Waals surface area contributed by atoms with Gasteiger partial charge in [0.15, 0.2) is 0 Å². The highest BCUT2D eigenvalue weighted by atomic mass is 35.5. The summed E-state index contributed by atoms with van der Waals surface area (Å²) in [6.45, 7) is 7.17. The summed E-state index contributed by atoms with van der Waals surface area (Å²) in [6, 6.07) is 16.1. The number of ether oxygens (including phenoxy) is 1. The van der Waals surface area contributed by atoms with E-state index in [1.807, 2.05) is 0 Å². The molecule has 9 heteroatoms. The van der Waals surface area contributed by atoms with Crippen LogP contribution in [-0.4, -0.2) is 36.1 Å². The first-order valence-electron chi connectivity index (χ1n) is 11.5. The summed E-state index contributed by atoms with van der Waals surface area (Å²) in [7, 11) is 0. The lowest BCUT2D eigenvalue weighted by molar-refractivity contribution is -0.123. The highest BCUT2D eigenvalue weighted by molar-refractivity contribution is 6.33. The summed E-state index contributed by atoms with van der Waals surface area (Å²) in [4.78, 5) is 37.7. The predicted molar refractivity (Wildman–Crippen MR) is 138 cm³/mol. The average molecular weight is 510 g/mol. The summed E-state index contributed by atoms with van der Waals surface area (Å²) in [5, 5.41) is 6.96. The number of esters is 1. The number of hydrogen-bond donors (Lipinski definition) is 2. The van der Waals surface area contributed by atoms with Crippen LogP contribution < -0.4 is 10.7 Å². The van der Waals surface area contributed by atoms with Gasteiger partial charge in [-0.05, 0) is 50.1 Å². The maximum atomic E-state index is 12.7. The van der Waals surface area contributed by atoms with Crippen LogP contribution in [0.3, 0.4) is 0 Å². The second-order valence-corrected chi connectivity index (χ2v) is 9.02. The second-order valence-electron chi connectivity index (χ2n) is 8.61. The van der Waals surface area contributed by atoms with Gasteiger partial charge in [0.25, 0.3) is 11.8 Å². The van der Waals surface area contributed by atoms with Crippen LogP contribution in [0.25, 0.3) is 11.3 Å². The van der Waals surface area contributed by atoms with Crippen molar-refractivity contribution in [3.8, 4) is 11.3 Å². The topological polar surface area (TPSA) is 110 Å². The summed E-state index contributed by atoms with van der Waals surface area (Å²) in [5.41, 5.74) is 3.67. The van der Waals surface area contributed by atoms with Crippen molar-refractivity contribution in [1.82, 2.24) is 10.7 Å². The number of furan rings is 1. The number of amides is 2. The number of carbonyl (C=O) groups excluding carboxylic acids is 3. The molecule has 2 N–H and O–H groups in total. The third-order valence-corrected chi connectivity index (χ3v) is 5.43. The Morgan fingerprint density at radius 1 is 0.944 bits per heavy atom.